The van der Waals surface area contributed by atoms with Gasteiger partial charge in [0, 0.05) is 6.61 Å². The van der Waals surface area contributed by atoms with Gasteiger partial charge in [-0.3, -0.25) is 0 Å². The van der Waals surface area contributed by atoms with E-state index < -0.39 is 5.60 Å². The fraction of sp³-hybridized carbons (Fsp3) is 1.00. The van der Waals surface area contributed by atoms with Crippen molar-refractivity contribution < 1.29 is 10.2 Å². The minimum absolute atomic E-state index is 0. The van der Waals surface area contributed by atoms with Crippen LogP contribution < -0.4 is 6.15 Å². The van der Waals surface area contributed by atoms with Crippen molar-refractivity contribution in [1.29, 1.82) is 0 Å². The first-order valence-electron chi connectivity index (χ1n) is 4.41. The molecule has 2 unspecified atom stereocenters. The van der Waals surface area contributed by atoms with Gasteiger partial charge in [-0.2, -0.15) is 0 Å². The summed E-state index contributed by atoms with van der Waals surface area (Å²) in [7, 11) is 0. The molecule has 12 heavy (non-hydrogen) atoms. The third-order valence-electron chi connectivity index (χ3n) is 2.57. The molecule has 5 N–H and O–H groups in total. The summed E-state index contributed by atoms with van der Waals surface area (Å²) in [5.41, 5.74) is -0.600. The van der Waals surface area contributed by atoms with Crippen molar-refractivity contribution >= 4 is 0 Å². The monoisotopic (exact) mass is 177 g/mol. The third kappa shape index (κ3) is 4.04. The van der Waals surface area contributed by atoms with Crippen molar-refractivity contribution in [1.82, 2.24) is 6.15 Å². The molecular formula is C9H23NO2. The molecule has 0 aliphatic heterocycles. The molecule has 0 bridgehead atoms. The Hall–Kier alpha value is -0.120. The first-order valence-corrected chi connectivity index (χ1v) is 4.41. The molecule has 0 heterocycles. The van der Waals surface area contributed by atoms with E-state index in [-0.39, 0.29) is 18.7 Å². The van der Waals surface area contributed by atoms with Crippen LogP contribution in [0.5, 0.6) is 0 Å². The minimum Gasteiger partial charge on any atom is -0.396 e. The van der Waals surface area contributed by atoms with Gasteiger partial charge in [-0.15, -0.1) is 0 Å². The summed E-state index contributed by atoms with van der Waals surface area (Å²) in [5.74, 6) is 0.234. The van der Waals surface area contributed by atoms with Gasteiger partial charge < -0.3 is 16.4 Å². The fourth-order valence-corrected chi connectivity index (χ4v) is 1.40. The Labute approximate surface area is 75.4 Å². The molecule has 0 aliphatic carbocycles. The van der Waals surface area contributed by atoms with Crippen LogP contribution in [0.25, 0.3) is 0 Å². The average molecular weight is 177 g/mol. The normalized spacial score (nSPS) is 17.8. The van der Waals surface area contributed by atoms with Gasteiger partial charge in [0.25, 0.3) is 0 Å². The van der Waals surface area contributed by atoms with E-state index in [1.54, 1.807) is 0 Å². The van der Waals surface area contributed by atoms with E-state index in [2.05, 4.69) is 0 Å². The zero-order chi connectivity index (χ0) is 8.91. The van der Waals surface area contributed by atoms with Crippen LogP contribution in [0.1, 0.15) is 40.0 Å². The van der Waals surface area contributed by atoms with Crippen molar-refractivity contribution in [2.75, 3.05) is 6.61 Å². The van der Waals surface area contributed by atoms with Gasteiger partial charge in [0.2, 0.25) is 0 Å². The summed E-state index contributed by atoms with van der Waals surface area (Å²) in [5, 5.41) is 18.5. The Balaban J connectivity index is 0. The molecule has 2 atom stereocenters. The summed E-state index contributed by atoms with van der Waals surface area (Å²) in [6.07, 6.45) is 2.39. The predicted octanol–water partition coefficient (Wildman–Crippen LogP) is 1.72. The first-order chi connectivity index (χ1) is 5.08. The number of rotatable bonds is 5. The molecule has 0 aromatic carbocycles. The Morgan fingerprint density at radius 2 is 1.83 bits per heavy atom. The second kappa shape index (κ2) is 6.40. The molecule has 0 saturated heterocycles. The molecule has 0 amide bonds. The molecule has 0 saturated carbocycles. The van der Waals surface area contributed by atoms with E-state index >= 15 is 0 Å². The van der Waals surface area contributed by atoms with E-state index in [1.807, 2.05) is 20.8 Å². The summed E-state index contributed by atoms with van der Waals surface area (Å²) in [6.45, 7) is 6.04. The zero-order valence-corrected chi connectivity index (χ0v) is 8.51. The lowest BCUT2D eigenvalue weighted by molar-refractivity contribution is -0.0156. The van der Waals surface area contributed by atoms with Gasteiger partial charge >= 0.3 is 0 Å². The maximum atomic E-state index is 9.80. The van der Waals surface area contributed by atoms with E-state index in [0.717, 1.165) is 12.8 Å². The molecule has 0 spiro atoms. The van der Waals surface area contributed by atoms with Crippen molar-refractivity contribution in [2.45, 2.75) is 45.6 Å². The van der Waals surface area contributed by atoms with Gasteiger partial charge in [0.1, 0.15) is 0 Å². The highest BCUT2D eigenvalue weighted by Crippen LogP contribution is 2.26. The van der Waals surface area contributed by atoms with Crippen LogP contribution in [0.4, 0.5) is 0 Å². The molecule has 3 nitrogen and oxygen atoms in total. The van der Waals surface area contributed by atoms with E-state index in [0.29, 0.717) is 6.42 Å². The number of hydrogen-bond donors (Lipinski definition) is 3. The molecule has 0 radical (unpaired) electrons. The van der Waals surface area contributed by atoms with Crippen LogP contribution >= 0.6 is 0 Å². The SMILES string of the molecule is CCC(CCO)C(C)(O)CC.N. The summed E-state index contributed by atoms with van der Waals surface area (Å²) in [4.78, 5) is 0. The number of hydrogen-bond acceptors (Lipinski definition) is 3. The van der Waals surface area contributed by atoms with E-state index in [1.165, 1.54) is 0 Å². The lowest BCUT2D eigenvalue weighted by Gasteiger charge is -2.30. The number of aliphatic hydroxyl groups excluding tert-OH is 1. The van der Waals surface area contributed by atoms with Gasteiger partial charge in [-0.05, 0) is 25.7 Å². The van der Waals surface area contributed by atoms with Crippen molar-refractivity contribution in [3.8, 4) is 0 Å². The highest BCUT2D eigenvalue weighted by atomic mass is 16.3. The molecule has 0 aliphatic rings. The molecule has 0 rings (SSSR count). The Morgan fingerprint density at radius 1 is 1.33 bits per heavy atom. The fourth-order valence-electron chi connectivity index (χ4n) is 1.40. The minimum atomic E-state index is -0.600. The van der Waals surface area contributed by atoms with Crippen molar-refractivity contribution in [3.63, 3.8) is 0 Å². The van der Waals surface area contributed by atoms with Crippen LogP contribution in [0.2, 0.25) is 0 Å². The lowest BCUT2D eigenvalue weighted by Crippen LogP contribution is -2.33. The smallest absolute Gasteiger partial charge is 0.0645 e. The quantitative estimate of drug-likeness (QED) is 0.598. The molecule has 3 heteroatoms. The summed E-state index contributed by atoms with van der Waals surface area (Å²) >= 11 is 0. The van der Waals surface area contributed by atoms with Crippen LogP contribution in [-0.2, 0) is 0 Å². The standard InChI is InChI=1S/C9H20O2.H3N/c1-4-8(6-7-10)9(3,11)5-2;/h8,10-11H,4-7H2,1-3H3;1H3. The van der Waals surface area contributed by atoms with Gasteiger partial charge in [0.15, 0.2) is 0 Å². The third-order valence-corrected chi connectivity index (χ3v) is 2.57. The zero-order valence-electron chi connectivity index (χ0n) is 8.51. The van der Waals surface area contributed by atoms with Gasteiger partial charge in [-0.1, -0.05) is 20.3 Å². The van der Waals surface area contributed by atoms with Crippen molar-refractivity contribution in [3.05, 3.63) is 0 Å². The van der Waals surface area contributed by atoms with Crippen molar-refractivity contribution in [2.24, 2.45) is 5.92 Å². The summed E-state index contributed by atoms with van der Waals surface area (Å²) in [6, 6.07) is 0. The van der Waals surface area contributed by atoms with Gasteiger partial charge in [-0.25, -0.2) is 0 Å². The largest absolute Gasteiger partial charge is 0.396 e. The maximum absolute atomic E-state index is 9.80. The van der Waals surface area contributed by atoms with Crippen LogP contribution in [0, 0.1) is 5.92 Å². The van der Waals surface area contributed by atoms with Crippen LogP contribution in [0.15, 0.2) is 0 Å². The van der Waals surface area contributed by atoms with Crippen LogP contribution in [-0.4, -0.2) is 22.4 Å². The molecule has 0 fully saturated rings. The second-order valence-corrected chi connectivity index (χ2v) is 3.33. The van der Waals surface area contributed by atoms with Gasteiger partial charge in [0.05, 0.1) is 5.60 Å². The summed E-state index contributed by atoms with van der Waals surface area (Å²) < 4.78 is 0. The maximum Gasteiger partial charge on any atom is 0.0645 e. The van der Waals surface area contributed by atoms with E-state index in [4.69, 9.17) is 5.11 Å². The Bertz CT molecular complexity index is 105. The lowest BCUT2D eigenvalue weighted by atomic mass is 9.83. The molecule has 0 aromatic heterocycles. The van der Waals surface area contributed by atoms with Crippen LogP contribution in [0.3, 0.4) is 0 Å². The van der Waals surface area contributed by atoms with E-state index in [9.17, 15) is 5.11 Å². The number of aliphatic hydroxyl groups is 2. The topological polar surface area (TPSA) is 75.5 Å². The molecule has 76 valence electrons. The highest BCUT2D eigenvalue weighted by Gasteiger charge is 2.27. The molecular weight excluding hydrogens is 154 g/mol. The average Bonchev–Trinajstić information content (AvgIpc) is 2.00. The highest BCUT2D eigenvalue weighted by molar-refractivity contribution is 4.79. The second-order valence-electron chi connectivity index (χ2n) is 3.33. The molecule has 0 aromatic rings. The Kier molecular flexibility index (Phi) is 7.69. The first kappa shape index (κ1) is 14.4. The predicted molar refractivity (Wildman–Crippen MR) is 51.4 cm³/mol. The Morgan fingerprint density at radius 3 is 2.08 bits per heavy atom.